The van der Waals surface area contributed by atoms with Crippen LogP contribution in [0.15, 0.2) is 39.3 Å². The Morgan fingerprint density at radius 2 is 1.71 bits per heavy atom. The topological polar surface area (TPSA) is 35.5 Å². The molecule has 0 aliphatic heterocycles. The van der Waals surface area contributed by atoms with Gasteiger partial charge in [-0.1, -0.05) is 28.1 Å². The Labute approximate surface area is 140 Å². The maximum Gasteiger partial charge on any atom is 0.197 e. The summed E-state index contributed by atoms with van der Waals surface area (Å²) < 4.78 is 12.1. The first-order chi connectivity index (χ1) is 10.0. The number of carbonyl (C=O) groups excluding carboxylic acids is 1. The van der Waals surface area contributed by atoms with Crippen LogP contribution in [0.3, 0.4) is 0 Å². The molecule has 0 amide bonds. The number of ketones is 1. The zero-order valence-electron chi connectivity index (χ0n) is 11.9. The van der Waals surface area contributed by atoms with Crippen molar-refractivity contribution in [2.45, 2.75) is 6.92 Å². The summed E-state index contributed by atoms with van der Waals surface area (Å²) in [6, 6.07) is 9.01. The summed E-state index contributed by atoms with van der Waals surface area (Å²) >= 11 is 6.86. The monoisotopic (exact) mass is 412 g/mol. The van der Waals surface area contributed by atoms with E-state index in [4.69, 9.17) is 9.47 Å². The van der Waals surface area contributed by atoms with E-state index in [9.17, 15) is 4.79 Å². The molecule has 0 heterocycles. The van der Waals surface area contributed by atoms with Crippen molar-refractivity contribution in [2.75, 3.05) is 14.2 Å². The predicted octanol–water partition coefficient (Wildman–Crippen LogP) is 4.77. The lowest BCUT2D eigenvalue weighted by Gasteiger charge is -2.14. The lowest BCUT2D eigenvalue weighted by molar-refractivity contribution is 0.103. The van der Waals surface area contributed by atoms with Crippen molar-refractivity contribution >= 4 is 37.6 Å². The van der Waals surface area contributed by atoms with Crippen LogP contribution in [-0.2, 0) is 0 Å². The largest absolute Gasteiger partial charge is 0.495 e. The van der Waals surface area contributed by atoms with Crippen LogP contribution >= 0.6 is 31.9 Å². The summed E-state index contributed by atoms with van der Waals surface area (Å²) in [6.45, 7) is 1.91. The SMILES string of the molecule is COc1ccc(C(=O)c2cccc(Br)c2C)c(OC)c1Br. The third-order valence-corrected chi connectivity index (χ3v) is 4.85. The van der Waals surface area contributed by atoms with Crippen molar-refractivity contribution in [1.82, 2.24) is 0 Å². The molecule has 0 bridgehead atoms. The van der Waals surface area contributed by atoms with E-state index in [1.54, 1.807) is 25.3 Å². The van der Waals surface area contributed by atoms with Crippen LogP contribution in [0.25, 0.3) is 0 Å². The third-order valence-electron chi connectivity index (χ3n) is 3.24. The fourth-order valence-corrected chi connectivity index (χ4v) is 3.11. The minimum absolute atomic E-state index is 0.0889. The van der Waals surface area contributed by atoms with Gasteiger partial charge in [-0.2, -0.15) is 0 Å². The molecule has 0 aliphatic rings. The lowest BCUT2D eigenvalue weighted by atomic mass is 9.98. The van der Waals surface area contributed by atoms with Gasteiger partial charge in [0.25, 0.3) is 0 Å². The zero-order valence-corrected chi connectivity index (χ0v) is 15.0. The summed E-state index contributed by atoms with van der Waals surface area (Å²) in [4.78, 5) is 12.8. The Morgan fingerprint density at radius 1 is 1.00 bits per heavy atom. The zero-order chi connectivity index (χ0) is 15.6. The standard InChI is InChI=1S/C16H14Br2O3/c1-9-10(5-4-6-12(9)17)15(19)11-7-8-13(20-2)14(18)16(11)21-3/h4-8H,1-3H3. The Bertz CT molecular complexity index is 696. The minimum atomic E-state index is -0.0889. The molecule has 2 aromatic carbocycles. The molecule has 2 rings (SSSR count). The van der Waals surface area contributed by atoms with Gasteiger partial charge in [-0.3, -0.25) is 4.79 Å². The molecule has 21 heavy (non-hydrogen) atoms. The van der Waals surface area contributed by atoms with Gasteiger partial charge in [-0.25, -0.2) is 0 Å². The predicted molar refractivity (Wildman–Crippen MR) is 89.6 cm³/mol. The van der Waals surface area contributed by atoms with Crippen molar-refractivity contribution < 1.29 is 14.3 Å². The van der Waals surface area contributed by atoms with Crippen LogP contribution < -0.4 is 9.47 Å². The van der Waals surface area contributed by atoms with Crippen LogP contribution in [0.5, 0.6) is 11.5 Å². The van der Waals surface area contributed by atoms with Gasteiger partial charge in [-0.05, 0) is 46.6 Å². The third kappa shape index (κ3) is 2.99. The fraction of sp³-hybridized carbons (Fsp3) is 0.188. The fourth-order valence-electron chi connectivity index (χ4n) is 2.07. The number of methoxy groups -OCH3 is 2. The van der Waals surface area contributed by atoms with Gasteiger partial charge in [0.05, 0.1) is 19.8 Å². The van der Waals surface area contributed by atoms with Crippen LogP contribution in [0.1, 0.15) is 21.5 Å². The number of ether oxygens (including phenoxy) is 2. The van der Waals surface area contributed by atoms with Gasteiger partial charge >= 0.3 is 0 Å². The van der Waals surface area contributed by atoms with Crippen molar-refractivity contribution in [1.29, 1.82) is 0 Å². The number of hydrogen-bond acceptors (Lipinski definition) is 3. The number of benzene rings is 2. The highest BCUT2D eigenvalue weighted by molar-refractivity contribution is 9.11. The average Bonchev–Trinajstić information content (AvgIpc) is 2.49. The Hall–Kier alpha value is -1.33. The van der Waals surface area contributed by atoms with Gasteiger partial charge in [0.15, 0.2) is 5.78 Å². The van der Waals surface area contributed by atoms with E-state index in [2.05, 4.69) is 31.9 Å². The van der Waals surface area contributed by atoms with Crippen LogP contribution in [0, 0.1) is 6.92 Å². The minimum Gasteiger partial charge on any atom is -0.495 e. The molecule has 0 spiro atoms. The molecule has 0 unspecified atom stereocenters. The van der Waals surface area contributed by atoms with E-state index in [0.717, 1.165) is 10.0 Å². The maximum atomic E-state index is 12.8. The highest BCUT2D eigenvalue weighted by Crippen LogP contribution is 2.38. The highest BCUT2D eigenvalue weighted by atomic mass is 79.9. The van der Waals surface area contributed by atoms with E-state index >= 15 is 0 Å². The van der Waals surface area contributed by atoms with Crippen molar-refractivity contribution in [3.05, 3.63) is 56.0 Å². The number of rotatable bonds is 4. The lowest BCUT2D eigenvalue weighted by Crippen LogP contribution is -2.07. The summed E-state index contributed by atoms with van der Waals surface area (Å²) in [5.41, 5.74) is 2.03. The maximum absolute atomic E-state index is 12.8. The second kappa shape index (κ2) is 6.62. The molecule has 3 nitrogen and oxygen atoms in total. The molecule has 0 atom stereocenters. The second-order valence-electron chi connectivity index (χ2n) is 4.40. The van der Waals surface area contributed by atoms with Crippen molar-refractivity contribution in [3.8, 4) is 11.5 Å². The Morgan fingerprint density at radius 3 is 2.33 bits per heavy atom. The molecule has 0 aliphatic carbocycles. The first kappa shape index (κ1) is 16.0. The van der Waals surface area contributed by atoms with Gasteiger partial charge in [0.1, 0.15) is 16.0 Å². The van der Waals surface area contributed by atoms with E-state index in [1.807, 2.05) is 19.1 Å². The smallest absolute Gasteiger partial charge is 0.197 e. The molecule has 5 heteroatoms. The molecule has 0 fully saturated rings. The highest BCUT2D eigenvalue weighted by Gasteiger charge is 2.21. The summed E-state index contributed by atoms with van der Waals surface area (Å²) in [5, 5.41) is 0. The Kier molecular flexibility index (Phi) is 5.06. The van der Waals surface area contributed by atoms with E-state index in [-0.39, 0.29) is 5.78 Å². The van der Waals surface area contributed by atoms with Crippen LogP contribution in [0.2, 0.25) is 0 Å². The van der Waals surface area contributed by atoms with Crippen LogP contribution in [-0.4, -0.2) is 20.0 Å². The van der Waals surface area contributed by atoms with Crippen molar-refractivity contribution in [2.24, 2.45) is 0 Å². The second-order valence-corrected chi connectivity index (χ2v) is 6.05. The quantitative estimate of drug-likeness (QED) is 0.677. The molecule has 0 N–H and O–H groups in total. The van der Waals surface area contributed by atoms with Gasteiger partial charge in [0.2, 0.25) is 0 Å². The molecule has 0 saturated carbocycles. The first-order valence-electron chi connectivity index (χ1n) is 6.21. The summed E-state index contributed by atoms with van der Waals surface area (Å²) in [7, 11) is 3.10. The van der Waals surface area contributed by atoms with Gasteiger partial charge < -0.3 is 9.47 Å². The van der Waals surface area contributed by atoms with Crippen molar-refractivity contribution in [3.63, 3.8) is 0 Å². The Balaban J connectivity index is 2.59. The van der Waals surface area contributed by atoms with E-state index in [0.29, 0.717) is 27.1 Å². The molecule has 0 radical (unpaired) electrons. The van der Waals surface area contributed by atoms with Gasteiger partial charge in [0, 0.05) is 10.0 Å². The van der Waals surface area contributed by atoms with E-state index in [1.165, 1.54) is 7.11 Å². The molecule has 0 aromatic heterocycles. The molecule has 0 saturated heterocycles. The number of halogens is 2. The number of carbonyl (C=O) groups is 1. The van der Waals surface area contributed by atoms with Crippen LogP contribution in [0.4, 0.5) is 0 Å². The normalized spacial score (nSPS) is 10.3. The van der Waals surface area contributed by atoms with E-state index < -0.39 is 0 Å². The molecular formula is C16H14Br2O3. The van der Waals surface area contributed by atoms with Gasteiger partial charge in [-0.15, -0.1) is 0 Å². The summed E-state index contributed by atoms with van der Waals surface area (Å²) in [6.07, 6.45) is 0. The first-order valence-corrected chi connectivity index (χ1v) is 7.80. The molecular weight excluding hydrogens is 400 g/mol. The molecule has 2 aromatic rings. The number of hydrogen-bond donors (Lipinski definition) is 0. The molecule has 110 valence electrons. The average molecular weight is 414 g/mol. The summed E-state index contributed by atoms with van der Waals surface area (Å²) in [5.74, 6) is 1.00.